The molecule has 0 saturated heterocycles. The van der Waals surface area contributed by atoms with Crippen LogP contribution in [0.3, 0.4) is 0 Å². The molecule has 34 heavy (non-hydrogen) atoms. The molecule has 0 aliphatic carbocycles. The minimum atomic E-state index is -0.288. The zero-order valence-electron chi connectivity index (χ0n) is 18.4. The minimum Gasteiger partial charge on any atom is -0.493 e. The fourth-order valence-corrected chi connectivity index (χ4v) is 4.27. The smallest absolute Gasteiger partial charge is 0.214 e. The van der Waals surface area contributed by atoms with Crippen LogP contribution in [0.4, 0.5) is 4.39 Å². The first-order valence-electron chi connectivity index (χ1n) is 10.5. The van der Waals surface area contributed by atoms with Crippen LogP contribution >= 0.6 is 23.4 Å². The van der Waals surface area contributed by atoms with Crippen molar-refractivity contribution in [3.63, 3.8) is 0 Å². The quantitative estimate of drug-likeness (QED) is 0.232. The molecule has 0 atom stereocenters. The van der Waals surface area contributed by atoms with E-state index < -0.39 is 0 Å². The van der Waals surface area contributed by atoms with E-state index in [1.807, 2.05) is 42.5 Å². The standard InChI is InChI=1S/C24H23ClFN5O2S/c1-32-22-14-18(13-21(25)23(22)33-16-17-7-9-19(26)10-8-17)15-27-11-12-34-24-28-29-30-31(24)20-5-3-2-4-6-20/h2-10,13-14,27H,11-12,15-16H2,1H3. The summed E-state index contributed by atoms with van der Waals surface area (Å²) < 4.78 is 26.1. The number of nitrogens with zero attached hydrogens (tertiary/aromatic N) is 4. The van der Waals surface area contributed by atoms with E-state index >= 15 is 0 Å². The molecule has 7 nitrogen and oxygen atoms in total. The SMILES string of the molecule is COc1cc(CNCCSc2nnnn2-c2ccccc2)cc(Cl)c1OCc1ccc(F)cc1. The third-order valence-corrected chi connectivity index (χ3v) is 6.07. The van der Waals surface area contributed by atoms with Gasteiger partial charge >= 0.3 is 0 Å². The number of halogens is 2. The highest BCUT2D eigenvalue weighted by atomic mass is 35.5. The molecule has 1 aromatic heterocycles. The monoisotopic (exact) mass is 499 g/mol. The molecule has 0 fully saturated rings. The number of aromatic nitrogens is 4. The highest BCUT2D eigenvalue weighted by molar-refractivity contribution is 7.99. The molecule has 4 rings (SSSR count). The summed E-state index contributed by atoms with van der Waals surface area (Å²) in [5.74, 6) is 1.50. The Labute approximate surface area is 206 Å². The number of thioether (sulfide) groups is 1. The Morgan fingerprint density at radius 2 is 1.85 bits per heavy atom. The Morgan fingerprint density at radius 1 is 1.06 bits per heavy atom. The number of hydrogen-bond donors (Lipinski definition) is 1. The van der Waals surface area contributed by atoms with E-state index in [1.54, 1.807) is 35.7 Å². The molecule has 10 heteroatoms. The van der Waals surface area contributed by atoms with E-state index in [4.69, 9.17) is 21.1 Å². The van der Waals surface area contributed by atoms with Gasteiger partial charge < -0.3 is 14.8 Å². The van der Waals surface area contributed by atoms with Crippen molar-refractivity contribution in [1.82, 2.24) is 25.5 Å². The first-order valence-corrected chi connectivity index (χ1v) is 11.9. The molecule has 0 unspecified atom stereocenters. The molecule has 0 amide bonds. The average molecular weight is 500 g/mol. The van der Waals surface area contributed by atoms with Gasteiger partial charge in [-0.25, -0.2) is 4.39 Å². The largest absolute Gasteiger partial charge is 0.493 e. The highest BCUT2D eigenvalue weighted by Crippen LogP contribution is 2.37. The van der Waals surface area contributed by atoms with E-state index in [1.165, 1.54) is 12.1 Å². The van der Waals surface area contributed by atoms with Crippen LogP contribution in [0.25, 0.3) is 5.69 Å². The van der Waals surface area contributed by atoms with E-state index in [0.29, 0.717) is 23.1 Å². The predicted octanol–water partition coefficient (Wildman–Crippen LogP) is 4.92. The lowest BCUT2D eigenvalue weighted by Crippen LogP contribution is -2.17. The number of hydrogen-bond acceptors (Lipinski definition) is 7. The molecular weight excluding hydrogens is 477 g/mol. The van der Waals surface area contributed by atoms with E-state index in [-0.39, 0.29) is 12.4 Å². The van der Waals surface area contributed by atoms with Gasteiger partial charge in [-0.3, -0.25) is 0 Å². The lowest BCUT2D eigenvalue weighted by molar-refractivity contribution is 0.284. The van der Waals surface area contributed by atoms with Crippen molar-refractivity contribution in [2.24, 2.45) is 0 Å². The maximum atomic E-state index is 13.1. The van der Waals surface area contributed by atoms with Gasteiger partial charge in [0.05, 0.1) is 17.8 Å². The van der Waals surface area contributed by atoms with Crippen molar-refractivity contribution < 1.29 is 13.9 Å². The Hall–Kier alpha value is -3.14. The van der Waals surface area contributed by atoms with Crippen molar-refractivity contribution in [3.8, 4) is 17.2 Å². The van der Waals surface area contributed by atoms with Gasteiger partial charge in [-0.2, -0.15) is 4.68 Å². The maximum absolute atomic E-state index is 13.1. The summed E-state index contributed by atoms with van der Waals surface area (Å²) in [6, 6.07) is 19.6. The topological polar surface area (TPSA) is 74.1 Å². The van der Waals surface area contributed by atoms with Crippen LogP contribution in [0.1, 0.15) is 11.1 Å². The Bertz CT molecular complexity index is 1210. The second-order valence-electron chi connectivity index (χ2n) is 7.26. The summed E-state index contributed by atoms with van der Waals surface area (Å²) in [6.07, 6.45) is 0. The fraction of sp³-hybridized carbons (Fsp3) is 0.208. The highest BCUT2D eigenvalue weighted by Gasteiger charge is 2.13. The Balaban J connectivity index is 1.29. The van der Waals surface area contributed by atoms with Crippen LogP contribution in [-0.4, -0.2) is 39.6 Å². The van der Waals surface area contributed by atoms with E-state index in [0.717, 1.165) is 34.3 Å². The van der Waals surface area contributed by atoms with Gasteiger partial charge in [0.15, 0.2) is 11.5 Å². The molecule has 0 bridgehead atoms. The molecule has 0 saturated carbocycles. The van der Waals surface area contributed by atoms with Gasteiger partial charge in [-0.15, -0.1) is 5.10 Å². The summed E-state index contributed by atoms with van der Waals surface area (Å²) in [5.41, 5.74) is 2.72. The van der Waals surface area contributed by atoms with Crippen molar-refractivity contribution in [1.29, 1.82) is 0 Å². The number of tetrazole rings is 1. The number of nitrogens with one attached hydrogen (secondary N) is 1. The van der Waals surface area contributed by atoms with Gasteiger partial charge in [-0.05, 0) is 58.0 Å². The van der Waals surface area contributed by atoms with Crippen LogP contribution in [0, 0.1) is 5.82 Å². The predicted molar refractivity (Wildman–Crippen MR) is 130 cm³/mol. The molecule has 3 aromatic carbocycles. The first-order chi connectivity index (χ1) is 16.6. The molecule has 4 aromatic rings. The molecule has 176 valence electrons. The zero-order chi connectivity index (χ0) is 23.8. The van der Waals surface area contributed by atoms with Crippen LogP contribution in [0.5, 0.6) is 11.5 Å². The van der Waals surface area contributed by atoms with E-state index in [9.17, 15) is 4.39 Å². The molecular formula is C24H23ClFN5O2S. The van der Waals surface area contributed by atoms with Crippen molar-refractivity contribution in [3.05, 3.63) is 88.7 Å². The average Bonchev–Trinajstić information content (AvgIpc) is 3.33. The molecule has 0 spiro atoms. The van der Waals surface area contributed by atoms with Gasteiger partial charge in [0.1, 0.15) is 12.4 Å². The second-order valence-corrected chi connectivity index (χ2v) is 8.73. The third kappa shape index (κ3) is 6.25. The van der Waals surface area contributed by atoms with Gasteiger partial charge in [0, 0.05) is 18.8 Å². The molecule has 0 aliphatic heterocycles. The summed E-state index contributed by atoms with van der Waals surface area (Å²) in [4.78, 5) is 0. The molecule has 1 heterocycles. The van der Waals surface area contributed by atoms with Crippen LogP contribution in [-0.2, 0) is 13.2 Å². The van der Waals surface area contributed by atoms with E-state index in [2.05, 4.69) is 20.8 Å². The van der Waals surface area contributed by atoms with Crippen molar-refractivity contribution in [2.45, 2.75) is 18.3 Å². The minimum absolute atomic E-state index is 0.258. The number of benzene rings is 3. The lowest BCUT2D eigenvalue weighted by Gasteiger charge is -2.15. The van der Waals surface area contributed by atoms with Crippen LogP contribution < -0.4 is 14.8 Å². The summed E-state index contributed by atoms with van der Waals surface area (Å²) in [5, 5.41) is 16.5. The Morgan fingerprint density at radius 3 is 2.62 bits per heavy atom. The molecule has 1 N–H and O–H groups in total. The summed E-state index contributed by atoms with van der Waals surface area (Å²) in [6.45, 7) is 1.61. The number of para-hydroxylation sites is 1. The summed E-state index contributed by atoms with van der Waals surface area (Å²) >= 11 is 8.04. The number of ether oxygens (including phenoxy) is 2. The van der Waals surface area contributed by atoms with Crippen LogP contribution in [0.15, 0.2) is 71.9 Å². The fourth-order valence-electron chi connectivity index (χ4n) is 3.20. The van der Waals surface area contributed by atoms with Gasteiger partial charge in [-0.1, -0.05) is 53.7 Å². The van der Waals surface area contributed by atoms with Crippen molar-refractivity contribution in [2.75, 3.05) is 19.4 Å². The maximum Gasteiger partial charge on any atom is 0.214 e. The normalized spacial score (nSPS) is 10.9. The number of rotatable bonds is 11. The van der Waals surface area contributed by atoms with Gasteiger partial charge in [0.2, 0.25) is 5.16 Å². The van der Waals surface area contributed by atoms with Gasteiger partial charge in [0.25, 0.3) is 0 Å². The first kappa shape index (κ1) is 24.0. The zero-order valence-corrected chi connectivity index (χ0v) is 20.0. The molecule has 0 radical (unpaired) electrons. The third-order valence-electron chi connectivity index (χ3n) is 4.87. The van der Waals surface area contributed by atoms with Crippen LogP contribution in [0.2, 0.25) is 5.02 Å². The summed E-state index contributed by atoms with van der Waals surface area (Å²) in [7, 11) is 1.57. The Kier molecular flexibility index (Phi) is 8.35. The lowest BCUT2D eigenvalue weighted by atomic mass is 10.2. The number of methoxy groups -OCH3 is 1. The second kappa shape index (κ2) is 11.8. The van der Waals surface area contributed by atoms with Crippen molar-refractivity contribution >= 4 is 23.4 Å². The molecule has 0 aliphatic rings.